The number of carbonyl (C=O) groups excluding carboxylic acids is 1. The van der Waals surface area contributed by atoms with E-state index in [4.69, 9.17) is 0 Å². The van der Waals surface area contributed by atoms with Gasteiger partial charge in [0.2, 0.25) is 0 Å². The summed E-state index contributed by atoms with van der Waals surface area (Å²) in [7, 11) is 1.98. The summed E-state index contributed by atoms with van der Waals surface area (Å²) in [5, 5.41) is 3.30. The minimum atomic E-state index is -0.0364. The van der Waals surface area contributed by atoms with Gasteiger partial charge in [0.1, 0.15) is 0 Å². The van der Waals surface area contributed by atoms with Gasteiger partial charge in [0.05, 0.1) is 0 Å². The highest BCUT2D eigenvalue weighted by Crippen LogP contribution is 2.20. The lowest BCUT2D eigenvalue weighted by Gasteiger charge is -2.38. The van der Waals surface area contributed by atoms with Crippen molar-refractivity contribution < 1.29 is 4.79 Å². The quantitative estimate of drug-likeness (QED) is 0.620. The standard InChI is InChI=1S/C11H18N2O/c1-4-5-10(14)13-8-6-11(2,12-3)7-9-13/h12H,6-9H2,1-3H3. The first-order chi connectivity index (χ1) is 6.61. The Morgan fingerprint density at radius 3 is 2.43 bits per heavy atom. The van der Waals surface area contributed by atoms with E-state index < -0.39 is 0 Å². The molecule has 0 aromatic rings. The van der Waals surface area contributed by atoms with Crippen molar-refractivity contribution in [3.8, 4) is 11.8 Å². The highest BCUT2D eigenvalue weighted by atomic mass is 16.2. The van der Waals surface area contributed by atoms with Crippen molar-refractivity contribution in [3.05, 3.63) is 0 Å². The minimum absolute atomic E-state index is 0.0364. The second-order valence-corrected chi connectivity index (χ2v) is 3.98. The van der Waals surface area contributed by atoms with E-state index in [2.05, 4.69) is 24.1 Å². The first kappa shape index (κ1) is 11.1. The van der Waals surface area contributed by atoms with Gasteiger partial charge in [-0.1, -0.05) is 5.92 Å². The van der Waals surface area contributed by atoms with Crippen LogP contribution in [0.1, 0.15) is 26.7 Å². The van der Waals surface area contributed by atoms with E-state index in [1.165, 1.54) is 0 Å². The van der Waals surface area contributed by atoms with Crippen LogP contribution in [0.15, 0.2) is 0 Å². The van der Waals surface area contributed by atoms with Crippen LogP contribution in [-0.4, -0.2) is 36.5 Å². The molecular formula is C11H18N2O. The summed E-state index contributed by atoms with van der Waals surface area (Å²) in [5.41, 5.74) is 0.191. The first-order valence-electron chi connectivity index (χ1n) is 5.02. The third-order valence-corrected chi connectivity index (χ3v) is 2.99. The fourth-order valence-electron chi connectivity index (χ4n) is 1.64. The predicted octanol–water partition coefficient (Wildman–Crippen LogP) is 0.610. The summed E-state index contributed by atoms with van der Waals surface area (Å²) in [6.07, 6.45) is 2.00. The lowest BCUT2D eigenvalue weighted by atomic mass is 9.90. The Morgan fingerprint density at radius 1 is 1.43 bits per heavy atom. The molecule has 1 aliphatic rings. The number of piperidine rings is 1. The van der Waals surface area contributed by atoms with Crippen LogP contribution in [0, 0.1) is 11.8 Å². The molecule has 0 bridgehead atoms. The molecule has 0 spiro atoms. The Hall–Kier alpha value is -1.01. The minimum Gasteiger partial charge on any atom is -0.332 e. The summed E-state index contributed by atoms with van der Waals surface area (Å²) in [4.78, 5) is 13.3. The molecule has 1 fully saturated rings. The fraction of sp³-hybridized carbons (Fsp3) is 0.727. The van der Waals surface area contributed by atoms with E-state index in [-0.39, 0.29) is 11.4 Å². The van der Waals surface area contributed by atoms with E-state index >= 15 is 0 Å². The molecule has 1 heterocycles. The van der Waals surface area contributed by atoms with Crippen LogP contribution in [-0.2, 0) is 4.79 Å². The number of nitrogens with zero attached hydrogens (tertiary/aromatic N) is 1. The molecule has 14 heavy (non-hydrogen) atoms. The Morgan fingerprint density at radius 2 is 2.00 bits per heavy atom. The largest absolute Gasteiger partial charge is 0.332 e. The van der Waals surface area contributed by atoms with Crippen molar-refractivity contribution in [2.24, 2.45) is 0 Å². The average Bonchev–Trinajstić information content (AvgIpc) is 2.19. The van der Waals surface area contributed by atoms with Gasteiger partial charge in [-0.25, -0.2) is 0 Å². The third-order valence-electron chi connectivity index (χ3n) is 2.99. The Labute approximate surface area is 85.9 Å². The van der Waals surface area contributed by atoms with E-state index in [0.717, 1.165) is 25.9 Å². The van der Waals surface area contributed by atoms with Gasteiger partial charge in [0, 0.05) is 18.6 Å². The summed E-state index contributed by atoms with van der Waals surface area (Å²) >= 11 is 0. The van der Waals surface area contributed by atoms with Crippen LogP contribution in [0.5, 0.6) is 0 Å². The maximum absolute atomic E-state index is 11.4. The molecule has 0 aliphatic carbocycles. The predicted molar refractivity (Wildman–Crippen MR) is 56.7 cm³/mol. The number of rotatable bonds is 1. The topological polar surface area (TPSA) is 32.3 Å². The Bertz CT molecular complexity index is 267. The molecule has 0 atom stereocenters. The Kier molecular flexibility index (Phi) is 3.54. The van der Waals surface area contributed by atoms with Crippen molar-refractivity contribution in [3.63, 3.8) is 0 Å². The van der Waals surface area contributed by atoms with E-state index in [9.17, 15) is 4.79 Å². The van der Waals surface area contributed by atoms with Gasteiger partial charge in [-0.3, -0.25) is 4.79 Å². The van der Waals surface area contributed by atoms with Crippen LogP contribution in [0.2, 0.25) is 0 Å². The molecule has 1 N–H and O–H groups in total. The van der Waals surface area contributed by atoms with Gasteiger partial charge < -0.3 is 10.2 Å². The molecule has 0 aromatic heterocycles. The summed E-state index contributed by atoms with van der Waals surface area (Å²) in [6.45, 7) is 5.51. The number of carbonyl (C=O) groups is 1. The highest BCUT2D eigenvalue weighted by molar-refractivity contribution is 5.93. The monoisotopic (exact) mass is 194 g/mol. The van der Waals surface area contributed by atoms with E-state index in [1.807, 2.05) is 11.9 Å². The number of amides is 1. The normalized spacial score (nSPS) is 19.8. The average molecular weight is 194 g/mol. The second-order valence-electron chi connectivity index (χ2n) is 3.98. The van der Waals surface area contributed by atoms with Crippen molar-refractivity contribution in [2.45, 2.75) is 32.2 Å². The molecule has 1 saturated heterocycles. The van der Waals surface area contributed by atoms with Crippen LogP contribution in [0.4, 0.5) is 0 Å². The van der Waals surface area contributed by atoms with Crippen LogP contribution >= 0.6 is 0 Å². The van der Waals surface area contributed by atoms with Gasteiger partial charge in [-0.05, 0) is 39.7 Å². The van der Waals surface area contributed by atoms with Crippen molar-refractivity contribution in [1.29, 1.82) is 0 Å². The zero-order chi connectivity index (χ0) is 10.6. The lowest BCUT2D eigenvalue weighted by molar-refractivity contribution is -0.126. The van der Waals surface area contributed by atoms with Gasteiger partial charge in [0.15, 0.2) is 0 Å². The highest BCUT2D eigenvalue weighted by Gasteiger charge is 2.29. The van der Waals surface area contributed by atoms with Crippen LogP contribution < -0.4 is 5.32 Å². The fourth-order valence-corrected chi connectivity index (χ4v) is 1.64. The maximum Gasteiger partial charge on any atom is 0.298 e. The maximum atomic E-state index is 11.4. The molecule has 1 aliphatic heterocycles. The number of likely N-dealkylation sites (tertiary alicyclic amines) is 1. The van der Waals surface area contributed by atoms with Crippen molar-refractivity contribution in [2.75, 3.05) is 20.1 Å². The molecular weight excluding hydrogens is 176 g/mol. The first-order valence-corrected chi connectivity index (χ1v) is 5.02. The van der Waals surface area contributed by atoms with Crippen LogP contribution in [0.25, 0.3) is 0 Å². The van der Waals surface area contributed by atoms with Crippen molar-refractivity contribution in [1.82, 2.24) is 10.2 Å². The molecule has 1 amide bonds. The van der Waals surface area contributed by atoms with Crippen molar-refractivity contribution >= 4 is 5.91 Å². The molecule has 1 rings (SSSR count). The van der Waals surface area contributed by atoms with Crippen LogP contribution in [0.3, 0.4) is 0 Å². The smallest absolute Gasteiger partial charge is 0.298 e. The number of nitrogens with one attached hydrogen (secondary N) is 1. The molecule has 3 nitrogen and oxygen atoms in total. The Balaban J connectivity index is 2.49. The summed E-state index contributed by atoms with van der Waals surface area (Å²) in [6, 6.07) is 0. The number of hydrogen-bond donors (Lipinski definition) is 1. The van der Waals surface area contributed by atoms with E-state index in [1.54, 1.807) is 6.92 Å². The van der Waals surface area contributed by atoms with E-state index in [0.29, 0.717) is 0 Å². The van der Waals surface area contributed by atoms with Gasteiger partial charge >= 0.3 is 0 Å². The SMILES string of the molecule is CC#CC(=O)N1CCC(C)(NC)CC1. The third kappa shape index (κ3) is 2.49. The van der Waals surface area contributed by atoms with Gasteiger partial charge in [-0.2, -0.15) is 0 Å². The zero-order valence-corrected chi connectivity index (χ0v) is 9.18. The molecule has 0 saturated carbocycles. The molecule has 0 unspecified atom stereocenters. The molecule has 0 aromatic carbocycles. The molecule has 78 valence electrons. The van der Waals surface area contributed by atoms with Gasteiger partial charge in [-0.15, -0.1) is 0 Å². The molecule has 3 heteroatoms. The second kappa shape index (κ2) is 4.47. The zero-order valence-electron chi connectivity index (χ0n) is 9.18. The van der Waals surface area contributed by atoms with Gasteiger partial charge in [0.25, 0.3) is 5.91 Å². The number of hydrogen-bond acceptors (Lipinski definition) is 2. The lowest BCUT2D eigenvalue weighted by Crippen LogP contribution is -2.51. The summed E-state index contributed by atoms with van der Waals surface area (Å²) in [5.74, 6) is 5.18. The summed E-state index contributed by atoms with van der Waals surface area (Å²) < 4.78 is 0. The molecule has 0 radical (unpaired) electrons.